The Balaban J connectivity index is 1.36. The number of nitrogens with zero attached hydrogens (tertiary/aromatic N) is 3. The van der Waals surface area contributed by atoms with E-state index in [0.29, 0.717) is 11.1 Å². The van der Waals surface area contributed by atoms with Crippen molar-refractivity contribution in [1.29, 1.82) is 0 Å². The number of benzene rings is 2. The number of nitrogens with two attached hydrogens (primary N) is 1. The molecular weight excluding hydrogens is 628 g/mol. The van der Waals surface area contributed by atoms with Crippen LogP contribution in [0.4, 0.5) is 5.95 Å². The lowest BCUT2D eigenvalue weighted by molar-refractivity contribution is -0.254. The van der Waals surface area contributed by atoms with Crippen molar-refractivity contribution < 1.29 is 39.5 Å². The Kier molecular flexibility index (Phi) is 10.8. The minimum Gasteiger partial charge on any atom is -0.394 e. The summed E-state index contributed by atoms with van der Waals surface area (Å²) in [7, 11) is 0. The third-order valence-electron chi connectivity index (χ3n) is 7.87. The molecule has 254 valence electrons. The number of carbonyl (C=O) groups is 3. The Labute approximate surface area is 272 Å². The molecule has 48 heavy (non-hydrogen) atoms. The number of carbonyl (C=O) groups excluding carboxylic acids is 3. The van der Waals surface area contributed by atoms with Crippen LogP contribution >= 0.6 is 0 Å². The second kappa shape index (κ2) is 15.1. The second-order valence-electron chi connectivity index (χ2n) is 11.3. The van der Waals surface area contributed by atoms with Crippen molar-refractivity contribution in [2.75, 3.05) is 12.3 Å². The Morgan fingerprint density at radius 2 is 1.52 bits per heavy atom. The first-order chi connectivity index (χ1) is 23.0. The molecule has 10 N–H and O–H groups in total. The van der Waals surface area contributed by atoms with E-state index >= 15 is 0 Å². The first-order valence-electron chi connectivity index (χ1n) is 15.0. The number of anilines is 1. The van der Waals surface area contributed by atoms with Gasteiger partial charge in [0.25, 0.3) is 5.56 Å². The number of aromatic amines is 1. The molecule has 3 heterocycles. The van der Waals surface area contributed by atoms with Crippen LogP contribution in [0.2, 0.25) is 0 Å². The maximum absolute atomic E-state index is 13.9. The lowest BCUT2D eigenvalue weighted by Gasteiger charge is -2.40. The van der Waals surface area contributed by atoms with E-state index in [0.717, 1.165) is 0 Å². The van der Waals surface area contributed by atoms with E-state index in [-0.39, 0.29) is 36.5 Å². The third kappa shape index (κ3) is 8.01. The van der Waals surface area contributed by atoms with Crippen LogP contribution in [0.3, 0.4) is 0 Å². The van der Waals surface area contributed by atoms with Gasteiger partial charge in [-0.1, -0.05) is 60.7 Å². The lowest BCUT2D eigenvalue weighted by atomic mass is 9.96. The fraction of sp³-hybridized carbons (Fsp3) is 0.355. The standard InChI is InChI=1S/C31H36N8O9/c32-31-37-26-23(29(46)38-31)33-15-39(26)13-21(41)34-18(11-16-7-3-1-4-8-16)27(44)35-19(12-17-9-5-2-6-10-17)28(45)36-22-25(43)24(42)20(14-40)48-30(22)47/h1-10,15,18-20,22,24-25,30,40,42-43,47H,11-14H2,(H,34,41)(H,35,44)(H,36,45)(H3,32,37,38,46)/t18?,19-,20+,22?,24?,25+,30+/m0/s1. The number of aliphatic hydroxyl groups excluding tert-OH is 4. The van der Waals surface area contributed by atoms with E-state index in [4.69, 9.17) is 10.5 Å². The zero-order valence-corrected chi connectivity index (χ0v) is 25.5. The monoisotopic (exact) mass is 664 g/mol. The predicted molar refractivity (Wildman–Crippen MR) is 169 cm³/mol. The summed E-state index contributed by atoms with van der Waals surface area (Å²) in [5.41, 5.74) is 6.49. The fourth-order valence-corrected chi connectivity index (χ4v) is 5.39. The molecule has 0 saturated carbocycles. The van der Waals surface area contributed by atoms with Crippen molar-refractivity contribution in [2.24, 2.45) is 0 Å². The number of aromatic nitrogens is 4. The van der Waals surface area contributed by atoms with Crippen LogP contribution in [0, 0.1) is 0 Å². The number of nitrogens with one attached hydrogen (secondary N) is 4. The smallest absolute Gasteiger partial charge is 0.280 e. The topological polar surface area (TPSA) is 267 Å². The number of fused-ring (bicyclic) bond motifs is 1. The zero-order valence-electron chi connectivity index (χ0n) is 25.5. The number of hydrogen-bond donors (Lipinski definition) is 9. The van der Waals surface area contributed by atoms with Crippen molar-refractivity contribution in [3.8, 4) is 0 Å². The van der Waals surface area contributed by atoms with Gasteiger partial charge in [0.05, 0.1) is 12.9 Å². The van der Waals surface area contributed by atoms with Crippen molar-refractivity contribution in [1.82, 2.24) is 35.5 Å². The lowest BCUT2D eigenvalue weighted by Crippen LogP contribution is -2.66. The average Bonchev–Trinajstić information content (AvgIpc) is 3.47. The largest absolute Gasteiger partial charge is 0.394 e. The van der Waals surface area contributed by atoms with Gasteiger partial charge in [-0.25, -0.2) is 4.98 Å². The molecule has 1 aliphatic heterocycles. The summed E-state index contributed by atoms with van der Waals surface area (Å²) < 4.78 is 6.45. The number of nitrogen functional groups attached to an aromatic ring is 1. The first-order valence-corrected chi connectivity index (χ1v) is 15.0. The molecule has 3 unspecified atom stereocenters. The maximum Gasteiger partial charge on any atom is 0.280 e. The van der Waals surface area contributed by atoms with Crippen LogP contribution in [0.5, 0.6) is 0 Å². The summed E-state index contributed by atoms with van der Waals surface area (Å²) in [5.74, 6) is -2.34. The van der Waals surface area contributed by atoms with Crippen molar-refractivity contribution in [3.63, 3.8) is 0 Å². The van der Waals surface area contributed by atoms with Gasteiger partial charge >= 0.3 is 0 Å². The van der Waals surface area contributed by atoms with Gasteiger partial charge in [-0.2, -0.15) is 4.98 Å². The van der Waals surface area contributed by atoms with Gasteiger partial charge in [0.1, 0.15) is 43.0 Å². The summed E-state index contributed by atoms with van der Waals surface area (Å²) in [6, 6.07) is 13.6. The van der Waals surface area contributed by atoms with E-state index in [1.807, 2.05) is 0 Å². The molecule has 4 aromatic rings. The fourth-order valence-electron chi connectivity index (χ4n) is 5.39. The summed E-state index contributed by atoms with van der Waals surface area (Å²) in [6.07, 6.45) is -5.11. The van der Waals surface area contributed by atoms with Gasteiger partial charge < -0.3 is 51.4 Å². The molecular formula is C31H36N8O9. The quantitative estimate of drug-likeness (QED) is 0.0737. The Morgan fingerprint density at radius 3 is 2.12 bits per heavy atom. The van der Waals surface area contributed by atoms with Crippen molar-refractivity contribution in [3.05, 3.63) is 88.5 Å². The number of H-pyrrole nitrogens is 1. The van der Waals surface area contributed by atoms with E-state index in [9.17, 15) is 39.6 Å². The molecule has 0 spiro atoms. The molecule has 2 aromatic heterocycles. The molecule has 17 heteroatoms. The number of rotatable bonds is 12. The molecule has 1 aliphatic rings. The highest BCUT2D eigenvalue weighted by Gasteiger charge is 2.45. The highest BCUT2D eigenvalue weighted by Crippen LogP contribution is 2.20. The highest BCUT2D eigenvalue weighted by molar-refractivity contribution is 5.92. The van der Waals surface area contributed by atoms with E-state index in [1.54, 1.807) is 60.7 Å². The van der Waals surface area contributed by atoms with Gasteiger partial charge in [0.15, 0.2) is 17.5 Å². The van der Waals surface area contributed by atoms with Gasteiger partial charge in [-0.05, 0) is 11.1 Å². The molecule has 0 bridgehead atoms. The third-order valence-corrected chi connectivity index (χ3v) is 7.87. The van der Waals surface area contributed by atoms with Gasteiger partial charge in [0.2, 0.25) is 23.7 Å². The predicted octanol–water partition coefficient (Wildman–Crippen LogP) is -2.93. The van der Waals surface area contributed by atoms with Crippen LogP contribution in [-0.2, 0) is 38.5 Å². The Bertz CT molecular complexity index is 1790. The SMILES string of the molecule is Nc1nc2c(ncn2CC(=O)NC(Cc2ccccc2)C(=O)N[C@@H](Cc2ccccc2)C(=O)NC2[C@@H](O)C(O)[C@@H](CO)O[C@H]2O)c(=O)[nH]1. The minimum atomic E-state index is -1.78. The normalized spacial score (nSPS) is 22.0. The number of ether oxygens (including phenoxy) is 1. The van der Waals surface area contributed by atoms with Crippen LogP contribution in [-0.4, -0.2) is 107 Å². The molecule has 1 saturated heterocycles. The minimum absolute atomic E-state index is 0.0192. The number of hydrogen-bond acceptors (Lipinski definition) is 12. The van der Waals surface area contributed by atoms with Crippen LogP contribution in [0.25, 0.3) is 11.2 Å². The second-order valence-corrected chi connectivity index (χ2v) is 11.3. The highest BCUT2D eigenvalue weighted by atomic mass is 16.6. The molecule has 7 atom stereocenters. The average molecular weight is 665 g/mol. The molecule has 5 rings (SSSR count). The van der Waals surface area contributed by atoms with E-state index < -0.39 is 72.6 Å². The molecule has 0 radical (unpaired) electrons. The Morgan fingerprint density at radius 1 is 0.917 bits per heavy atom. The van der Waals surface area contributed by atoms with Crippen molar-refractivity contribution in [2.45, 2.75) is 62.1 Å². The number of amides is 3. The summed E-state index contributed by atoms with van der Waals surface area (Å²) in [4.78, 5) is 63.3. The Hall–Kier alpha value is -5.20. The molecule has 1 fully saturated rings. The van der Waals surface area contributed by atoms with Crippen molar-refractivity contribution >= 4 is 34.8 Å². The van der Waals surface area contributed by atoms with Crippen LogP contribution in [0.15, 0.2) is 71.8 Å². The van der Waals surface area contributed by atoms with Crippen LogP contribution in [0.1, 0.15) is 11.1 Å². The van der Waals surface area contributed by atoms with Crippen LogP contribution < -0.4 is 27.2 Å². The van der Waals surface area contributed by atoms with Gasteiger partial charge in [-0.3, -0.25) is 24.2 Å². The molecule has 17 nitrogen and oxygen atoms in total. The summed E-state index contributed by atoms with van der Waals surface area (Å²) in [5, 5.41) is 48.5. The molecule has 0 aliphatic carbocycles. The van der Waals surface area contributed by atoms with E-state index in [1.165, 1.54) is 10.9 Å². The number of aliphatic hydroxyl groups is 4. The maximum atomic E-state index is 13.9. The van der Waals surface area contributed by atoms with Gasteiger partial charge in [0, 0.05) is 12.8 Å². The first kappa shape index (κ1) is 34.1. The van der Waals surface area contributed by atoms with Gasteiger partial charge in [-0.15, -0.1) is 0 Å². The van der Waals surface area contributed by atoms with E-state index in [2.05, 4.69) is 30.9 Å². The molecule has 2 aromatic carbocycles. The number of imidazole rings is 1. The zero-order chi connectivity index (χ0) is 34.4. The summed E-state index contributed by atoms with van der Waals surface area (Å²) in [6.45, 7) is -1.05. The molecule has 3 amide bonds. The summed E-state index contributed by atoms with van der Waals surface area (Å²) >= 11 is 0.